The number of rotatable bonds is 2. The van der Waals surface area contributed by atoms with Gasteiger partial charge in [0.2, 0.25) is 0 Å². The summed E-state index contributed by atoms with van der Waals surface area (Å²) in [6.07, 6.45) is 4.98. The molecule has 1 atom stereocenters. The van der Waals surface area contributed by atoms with E-state index >= 15 is 0 Å². The number of nitriles is 1. The van der Waals surface area contributed by atoms with Gasteiger partial charge in [0.15, 0.2) is 0 Å². The molecule has 3 aromatic rings. The summed E-state index contributed by atoms with van der Waals surface area (Å²) in [6, 6.07) is 15.1. The summed E-state index contributed by atoms with van der Waals surface area (Å²) >= 11 is 0. The van der Waals surface area contributed by atoms with Crippen molar-refractivity contribution < 1.29 is 9.59 Å². The van der Waals surface area contributed by atoms with Gasteiger partial charge < -0.3 is 9.72 Å². The first-order valence-electron chi connectivity index (χ1n) is 8.85. The molecular formula is C21H16N4O2. The molecule has 0 saturated carbocycles. The first-order chi connectivity index (χ1) is 13.1. The normalized spacial score (nSPS) is 20.9. The van der Waals surface area contributed by atoms with Crippen molar-refractivity contribution in [3.63, 3.8) is 0 Å². The molecule has 3 amide bonds. The van der Waals surface area contributed by atoms with Gasteiger partial charge in [-0.05, 0) is 36.1 Å². The Morgan fingerprint density at radius 2 is 1.96 bits per heavy atom. The summed E-state index contributed by atoms with van der Waals surface area (Å²) < 4.78 is 1.84. The summed E-state index contributed by atoms with van der Waals surface area (Å²) in [5.41, 5.74) is 2.93. The Morgan fingerprint density at radius 3 is 2.81 bits per heavy atom. The summed E-state index contributed by atoms with van der Waals surface area (Å²) in [5, 5.41) is 12.5. The van der Waals surface area contributed by atoms with Crippen molar-refractivity contribution in [1.82, 2.24) is 14.6 Å². The van der Waals surface area contributed by atoms with Gasteiger partial charge >= 0.3 is 6.03 Å². The molecular weight excluding hydrogens is 340 g/mol. The van der Waals surface area contributed by atoms with E-state index in [0.29, 0.717) is 17.5 Å². The average molecular weight is 356 g/mol. The molecule has 1 N–H and O–H groups in total. The van der Waals surface area contributed by atoms with Gasteiger partial charge in [0.25, 0.3) is 5.91 Å². The van der Waals surface area contributed by atoms with Gasteiger partial charge in [-0.1, -0.05) is 30.3 Å². The third kappa shape index (κ3) is 2.05. The number of fused-ring (bicyclic) bond motifs is 3. The van der Waals surface area contributed by atoms with Gasteiger partial charge in [-0.3, -0.25) is 9.69 Å². The van der Waals surface area contributed by atoms with Crippen molar-refractivity contribution in [2.45, 2.75) is 24.9 Å². The van der Waals surface area contributed by atoms with Gasteiger partial charge in [-0.15, -0.1) is 0 Å². The maximum atomic E-state index is 13.3. The Bertz CT molecular complexity index is 1160. The number of hydrogen-bond acceptors (Lipinski definition) is 3. The minimum Gasteiger partial charge on any atom is -0.322 e. The molecule has 0 bridgehead atoms. The van der Waals surface area contributed by atoms with Crippen LogP contribution in [0.4, 0.5) is 4.79 Å². The van der Waals surface area contributed by atoms with Crippen LogP contribution >= 0.6 is 0 Å². The second kappa shape index (κ2) is 5.45. The number of urea groups is 1. The van der Waals surface area contributed by atoms with Gasteiger partial charge in [0.05, 0.1) is 17.6 Å². The number of nitrogens with one attached hydrogen (secondary N) is 1. The third-order valence-corrected chi connectivity index (χ3v) is 5.62. The number of imide groups is 1. The van der Waals surface area contributed by atoms with E-state index in [1.165, 1.54) is 4.90 Å². The second-order valence-electron chi connectivity index (χ2n) is 7.02. The van der Waals surface area contributed by atoms with Crippen LogP contribution in [0.25, 0.3) is 5.52 Å². The smallest absolute Gasteiger partial charge is 0.322 e. The highest BCUT2D eigenvalue weighted by Gasteiger charge is 2.55. The molecule has 1 aromatic carbocycles. The van der Waals surface area contributed by atoms with Crippen LogP contribution in [0.15, 0.2) is 54.9 Å². The highest BCUT2D eigenvalue weighted by atomic mass is 16.2. The Labute approximate surface area is 155 Å². The number of aryl methyl sites for hydroxylation is 1. The Kier molecular flexibility index (Phi) is 3.16. The standard InChI is InChI=1S/C21H16N4O2/c22-11-16-15(12-24-10-4-3-7-18(16)24)13-25-19(26)21(23-20(25)27)9-8-14-5-1-2-6-17(14)21/h1-7,10,12H,8-9,13H2,(H,23,27). The number of pyridine rings is 1. The molecule has 2 aliphatic rings. The zero-order chi connectivity index (χ0) is 18.6. The highest BCUT2D eigenvalue weighted by molar-refractivity contribution is 6.08. The molecule has 2 aromatic heterocycles. The number of hydrogen-bond donors (Lipinski definition) is 1. The molecule has 1 aliphatic heterocycles. The van der Waals surface area contributed by atoms with Crippen molar-refractivity contribution in [3.05, 3.63) is 77.1 Å². The number of carbonyl (C=O) groups is 2. The van der Waals surface area contributed by atoms with Crippen LogP contribution in [0.5, 0.6) is 0 Å². The van der Waals surface area contributed by atoms with Crippen LogP contribution < -0.4 is 5.32 Å². The summed E-state index contributed by atoms with van der Waals surface area (Å²) in [5.74, 6) is -0.239. The van der Waals surface area contributed by atoms with Crippen LogP contribution in [0, 0.1) is 11.3 Å². The van der Waals surface area contributed by atoms with E-state index in [9.17, 15) is 14.9 Å². The molecule has 132 valence electrons. The van der Waals surface area contributed by atoms with Gasteiger partial charge in [-0.2, -0.15) is 5.26 Å². The lowest BCUT2D eigenvalue weighted by Gasteiger charge is -2.22. The SMILES string of the molecule is N#Cc1c(CN2C(=O)NC3(CCc4ccccc43)C2=O)cn2ccccc12. The van der Waals surface area contributed by atoms with Crippen molar-refractivity contribution in [2.24, 2.45) is 0 Å². The minimum absolute atomic E-state index is 0.0825. The van der Waals surface area contributed by atoms with Crippen LogP contribution in [0.2, 0.25) is 0 Å². The van der Waals surface area contributed by atoms with Crippen LogP contribution in [0.3, 0.4) is 0 Å². The van der Waals surface area contributed by atoms with Crippen LogP contribution in [0.1, 0.15) is 28.7 Å². The lowest BCUT2D eigenvalue weighted by atomic mass is 9.92. The quantitative estimate of drug-likeness (QED) is 0.717. The molecule has 27 heavy (non-hydrogen) atoms. The van der Waals surface area contributed by atoms with Crippen molar-refractivity contribution >= 4 is 17.5 Å². The van der Waals surface area contributed by atoms with Crippen molar-refractivity contribution in [2.75, 3.05) is 0 Å². The molecule has 0 radical (unpaired) electrons. The fourth-order valence-corrected chi connectivity index (χ4v) is 4.33. The zero-order valence-corrected chi connectivity index (χ0v) is 14.5. The predicted octanol–water partition coefficient (Wildman–Crippen LogP) is 2.70. The number of amides is 3. The predicted molar refractivity (Wildman–Crippen MR) is 97.6 cm³/mol. The minimum atomic E-state index is -0.973. The Balaban J connectivity index is 1.54. The number of nitrogens with zero attached hydrogens (tertiary/aromatic N) is 3. The number of benzene rings is 1. The Hall–Kier alpha value is -3.59. The van der Waals surface area contributed by atoms with E-state index in [2.05, 4.69) is 11.4 Å². The van der Waals surface area contributed by atoms with E-state index in [1.54, 1.807) is 0 Å². The van der Waals surface area contributed by atoms with Gasteiger partial charge in [-0.25, -0.2) is 4.79 Å². The molecule has 1 saturated heterocycles. The molecule has 1 unspecified atom stereocenters. The summed E-state index contributed by atoms with van der Waals surface area (Å²) in [6.45, 7) is 0.0825. The second-order valence-corrected chi connectivity index (χ2v) is 7.02. The van der Waals surface area contributed by atoms with Gasteiger partial charge in [0.1, 0.15) is 11.6 Å². The van der Waals surface area contributed by atoms with E-state index in [-0.39, 0.29) is 12.5 Å². The molecule has 5 rings (SSSR count). The first-order valence-corrected chi connectivity index (χ1v) is 8.85. The molecule has 1 aliphatic carbocycles. The van der Waals surface area contributed by atoms with E-state index in [1.807, 2.05) is 59.3 Å². The van der Waals surface area contributed by atoms with Gasteiger partial charge in [0, 0.05) is 18.0 Å². The van der Waals surface area contributed by atoms with E-state index in [0.717, 1.165) is 23.1 Å². The molecule has 1 fully saturated rings. The fraction of sp³-hybridized carbons (Fsp3) is 0.190. The summed E-state index contributed by atoms with van der Waals surface area (Å²) in [4.78, 5) is 27.2. The monoisotopic (exact) mass is 356 g/mol. The Morgan fingerprint density at radius 1 is 1.15 bits per heavy atom. The lowest BCUT2D eigenvalue weighted by Crippen LogP contribution is -2.41. The van der Waals surface area contributed by atoms with E-state index < -0.39 is 11.6 Å². The molecule has 6 nitrogen and oxygen atoms in total. The summed E-state index contributed by atoms with van der Waals surface area (Å²) in [7, 11) is 0. The third-order valence-electron chi connectivity index (χ3n) is 5.62. The fourth-order valence-electron chi connectivity index (χ4n) is 4.33. The number of carbonyl (C=O) groups excluding carboxylic acids is 2. The number of aromatic nitrogens is 1. The topological polar surface area (TPSA) is 77.6 Å². The maximum absolute atomic E-state index is 13.3. The molecule has 3 heterocycles. The van der Waals surface area contributed by atoms with Crippen LogP contribution in [-0.4, -0.2) is 21.2 Å². The lowest BCUT2D eigenvalue weighted by molar-refractivity contribution is -0.132. The van der Waals surface area contributed by atoms with Crippen molar-refractivity contribution in [1.29, 1.82) is 5.26 Å². The zero-order valence-electron chi connectivity index (χ0n) is 14.5. The van der Waals surface area contributed by atoms with Crippen molar-refractivity contribution in [3.8, 4) is 6.07 Å². The largest absolute Gasteiger partial charge is 0.325 e. The average Bonchev–Trinajstić information content (AvgIpc) is 3.31. The molecule has 1 spiro atoms. The maximum Gasteiger partial charge on any atom is 0.325 e. The molecule has 6 heteroatoms. The first kappa shape index (κ1) is 15.6. The van der Waals surface area contributed by atoms with Crippen LogP contribution in [-0.2, 0) is 23.3 Å². The highest BCUT2D eigenvalue weighted by Crippen LogP contribution is 2.41. The van der Waals surface area contributed by atoms with E-state index in [4.69, 9.17) is 0 Å².